The molecule has 1 saturated heterocycles. The van der Waals surface area contributed by atoms with Crippen LogP contribution in [0, 0.1) is 0 Å². The number of nitrogens with two attached hydrogens (primary N) is 1. The molecular formula is C16H23N3O3. The van der Waals surface area contributed by atoms with Gasteiger partial charge in [0.25, 0.3) is 0 Å². The molecule has 2 atom stereocenters. The van der Waals surface area contributed by atoms with Crippen LogP contribution in [0.2, 0.25) is 0 Å². The Morgan fingerprint density at radius 2 is 2.09 bits per heavy atom. The van der Waals surface area contributed by atoms with E-state index in [0.29, 0.717) is 26.2 Å². The lowest BCUT2D eigenvalue weighted by molar-refractivity contribution is -0.144. The molecule has 0 spiro atoms. The number of nitrogens with zero attached hydrogens (tertiary/aromatic N) is 1. The Kier molecular flexibility index (Phi) is 5.15. The number of ether oxygens (including phenoxy) is 1. The average Bonchev–Trinajstić information content (AvgIpc) is 2.53. The summed E-state index contributed by atoms with van der Waals surface area (Å²) in [4.78, 5) is 25.5. The average molecular weight is 305 g/mol. The van der Waals surface area contributed by atoms with Crippen molar-refractivity contribution in [1.29, 1.82) is 0 Å². The molecule has 6 nitrogen and oxygen atoms in total. The molecular weight excluding hydrogens is 282 g/mol. The number of benzene rings is 1. The minimum atomic E-state index is -1.07. The second-order valence-corrected chi connectivity index (χ2v) is 5.75. The van der Waals surface area contributed by atoms with Gasteiger partial charge in [0.1, 0.15) is 5.54 Å². The fourth-order valence-corrected chi connectivity index (χ4v) is 2.52. The minimum Gasteiger partial charge on any atom is -0.373 e. The highest BCUT2D eigenvalue weighted by Crippen LogP contribution is 2.21. The number of morpholine rings is 1. The van der Waals surface area contributed by atoms with Gasteiger partial charge >= 0.3 is 0 Å². The minimum absolute atomic E-state index is 0.111. The van der Waals surface area contributed by atoms with Crippen molar-refractivity contribution in [3.05, 3.63) is 35.9 Å². The van der Waals surface area contributed by atoms with Gasteiger partial charge in [-0.15, -0.1) is 0 Å². The molecule has 1 aromatic rings. The molecule has 2 amide bonds. The van der Waals surface area contributed by atoms with Gasteiger partial charge in [0.2, 0.25) is 11.8 Å². The standard InChI is InChI=1S/C16H23N3O3/c1-12(20)18-10-14-11-19(8-9-22-14)15(21)16(2,17)13-6-4-3-5-7-13/h3-7,14H,8-11,17H2,1-2H3,(H,18,20). The van der Waals surface area contributed by atoms with Gasteiger partial charge in [-0.2, -0.15) is 0 Å². The van der Waals surface area contributed by atoms with Crippen LogP contribution in [0.25, 0.3) is 0 Å². The van der Waals surface area contributed by atoms with Gasteiger partial charge in [0.05, 0.1) is 12.7 Å². The van der Waals surface area contributed by atoms with Crippen LogP contribution in [0.4, 0.5) is 0 Å². The van der Waals surface area contributed by atoms with E-state index in [-0.39, 0.29) is 17.9 Å². The zero-order valence-corrected chi connectivity index (χ0v) is 13.0. The smallest absolute Gasteiger partial charge is 0.247 e. The molecule has 0 bridgehead atoms. The Labute approximate surface area is 130 Å². The predicted molar refractivity (Wildman–Crippen MR) is 83.0 cm³/mol. The summed E-state index contributed by atoms with van der Waals surface area (Å²) in [7, 11) is 0. The Bertz CT molecular complexity index is 531. The molecule has 0 radical (unpaired) electrons. The number of hydrogen-bond donors (Lipinski definition) is 2. The van der Waals surface area contributed by atoms with Crippen LogP contribution in [0.3, 0.4) is 0 Å². The summed E-state index contributed by atoms with van der Waals surface area (Å²) < 4.78 is 5.58. The number of nitrogens with one attached hydrogen (secondary N) is 1. The first-order valence-corrected chi connectivity index (χ1v) is 7.41. The second kappa shape index (κ2) is 6.89. The lowest BCUT2D eigenvalue weighted by Crippen LogP contribution is -2.57. The highest BCUT2D eigenvalue weighted by molar-refractivity contribution is 5.87. The number of amides is 2. The van der Waals surface area contributed by atoms with Gasteiger partial charge in [0, 0.05) is 26.6 Å². The molecule has 1 aromatic carbocycles. The van der Waals surface area contributed by atoms with Crippen LogP contribution >= 0.6 is 0 Å². The van der Waals surface area contributed by atoms with E-state index in [1.807, 2.05) is 30.3 Å². The van der Waals surface area contributed by atoms with Crippen LogP contribution in [0.15, 0.2) is 30.3 Å². The Morgan fingerprint density at radius 3 is 2.73 bits per heavy atom. The SMILES string of the molecule is CC(=O)NCC1CN(C(=O)C(C)(N)c2ccccc2)CCO1. The van der Waals surface area contributed by atoms with Gasteiger partial charge in [-0.1, -0.05) is 30.3 Å². The van der Waals surface area contributed by atoms with Crippen molar-refractivity contribution >= 4 is 11.8 Å². The molecule has 0 saturated carbocycles. The van der Waals surface area contributed by atoms with Gasteiger partial charge in [-0.25, -0.2) is 0 Å². The Morgan fingerprint density at radius 1 is 1.41 bits per heavy atom. The van der Waals surface area contributed by atoms with Crippen molar-refractivity contribution < 1.29 is 14.3 Å². The monoisotopic (exact) mass is 305 g/mol. The first-order chi connectivity index (χ1) is 10.4. The summed E-state index contributed by atoms with van der Waals surface area (Å²) in [6.07, 6.45) is -0.201. The number of carbonyl (C=O) groups excluding carboxylic acids is 2. The van der Waals surface area contributed by atoms with Gasteiger partial charge in [-0.3, -0.25) is 9.59 Å². The third-order valence-corrected chi connectivity index (χ3v) is 3.82. The normalized spacial score (nSPS) is 21.0. The maximum Gasteiger partial charge on any atom is 0.247 e. The molecule has 120 valence electrons. The van der Waals surface area contributed by atoms with E-state index in [2.05, 4.69) is 5.32 Å². The largest absolute Gasteiger partial charge is 0.373 e. The number of rotatable bonds is 4. The van der Waals surface area contributed by atoms with Crippen molar-refractivity contribution in [3.8, 4) is 0 Å². The number of carbonyl (C=O) groups is 2. The molecule has 2 unspecified atom stereocenters. The summed E-state index contributed by atoms with van der Waals surface area (Å²) in [6, 6.07) is 9.34. The van der Waals surface area contributed by atoms with Crippen molar-refractivity contribution in [2.45, 2.75) is 25.5 Å². The molecule has 1 aliphatic heterocycles. The second-order valence-electron chi connectivity index (χ2n) is 5.75. The Balaban J connectivity index is 2.03. The van der Waals surface area contributed by atoms with E-state index >= 15 is 0 Å². The summed E-state index contributed by atoms with van der Waals surface area (Å²) in [5.41, 5.74) is 5.99. The molecule has 3 N–H and O–H groups in total. The van der Waals surface area contributed by atoms with E-state index in [0.717, 1.165) is 5.56 Å². The maximum atomic E-state index is 12.8. The summed E-state index contributed by atoms with van der Waals surface area (Å²) in [5, 5.41) is 2.71. The van der Waals surface area contributed by atoms with Gasteiger partial charge in [0.15, 0.2) is 0 Å². The quantitative estimate of drug-likeness (QED) is 0.833. The van der Waals surface area contributed by atoms with Crippen LogP contribution in [0.5, 0.6) is 0 Å². The molecule has 1 aliphatic rings. The summed E-state index contributed by atoms with van der Waals surface area (Å²) >= 11 is 0. The van der Waals surface area contributed by atoms with Crippen LogP contribution in [0.1, 0.15) is 19.4 Å². The summed E-state index contributed by atoms with van der Waals surface area (Å²) in [6.45, 7) is 4.96. The summed E-state index contributed by atoms with van der Waals surface area (Å²) in [5.74, 6) is -0.241. The molecule has 1 heterocycles. The highest BCUT2D eigenvalue weighted by atomic mass is 16.5. The van der Waals surface area contributed by atoms with E-state index in [1.165, 1.54) is 6.92 Å². The van der Waals surface area contributed by atoms with Crippen molar-refractivity contribution in [2.24, 2.45) is 5.73 Å². The topological polar surface area (TPSA) is 84.7 Å². The van der Waals surface area contributed by atoms with Crippen LogP contribution in [-0.4, -0.2) is 49.1 Å². The lowest BCUT2D eigenvalue weighted by Gasteiger charge is -2.37. The lowest BCUT2D eigenvalue weighted by atomic mass is 9.91. The van der Waals surface area contributed by atoms with Gasteiger partial charge in [-0.05, 0) is 12.5 Å². The highest BCUT2D eigenvalue weighted by Gasteiger charge is 2.36. The third kappa shape index (κ3) is 3.84. The van der Waals surface area contributed by atoms with E-state index in [9.17, 15) is 9.59 Å². The van der Waals surface area contributed by atoms with E-state index in [1.54, 1.807) is 11.8 Å². The van der Waals surface area contributed by atoms with Crippen LogP contribution in [-0.2, 0) is 19.9 Å². The predicted octanol–water partition coefficient (Wildman–Crippen LogP) is 0.224. The fraction of sp³-hybridized carbons (Fsp3) is 0.500. The molecule has 0 aromatic heterocycles. The first kappa shape index (κ1) is 16.5. The molecule has 2 rings (SSSR count). The van der Waals surface area contributed by atoms with E-state index in [4.69, 9.17) is 10.5 Å². The van der Waals surface area contributed by atoms with Gasteiger partial charge < -0.3 is 20.7 Å². The third-order valence-electron chi connectivity index (χ3n) is 3.82. The maximum absolute atomic E-state index is 12.8. The van der Waals surface area contributed by atoms with Crippen molar-refractivity contribution in [2.75, 3.05) is 26.2 Å². The zero-order valence-electron chi connectivity index (χ0n) is 13.0. The van der Waals surface area contributed by atoms with Crippen molar-refractivity contribution in [3.63, 3.8) is 0 Å². The fourth-order valence-electron chi connectivity index (χ4n) is 2.52. The number of hydrogen-bond acceptors (Lipinski definition) is 4. The zero-order chi connectivity index (χ0) is 16.2. The van der Waals surface area contributed by atoms with E-state index < -0.39 is 5.54 Å². The van der Waals surface area contributed by atoms with Crippen LogP contribution < -0.4 is 11.1 Å². The molecule has 0 aliphatic carbocycles. The molecule has 6 heteroatoms. The van der Waals surface area contributed by atoms with Crippen molar-refractivity contribution in [1.82, 2.24) is 10.2 Å². The molecule has 22 heavy (non-hydrogen) atoms. The Hall–Kier alpha value is -1.92. The first-order valence-electron chi connectivity index (χ1n) is 7.41. The molecule has 1 fully saturated rings.